The minimum absolute atomic E-state index is 0.583. The first-order chi connectivity index (χ1) is 4.90. The Hall–Kier alpha value is -1.30. The Morgan fingerprint density at radius 2 is 1.91 bits per heavy atom. The molecule has 0 spiro atoms. The molecule has 2 amide bonds. The molecule has 0 aromatic carbocycles. The van der Waals surface area contributed by atoms with E-state index < -0.39 is 17.5 Å². The molecule has 5 N–H and O–H groups in total. The zero-order valence-electron chi connectivity index (χ0n) is 6.34. The summed E-state index contributed by atoms with van der Waals surface area (Å²) in [5.74, 6) is 4.22. The average molecular weight is 161 g/mol. The summed E-state index contributed by atoms with van der Waals surface area (Å²) in [4.78, 5) is 20.9. The van der Waals surface area contributed by atoms with Gasteiger partial charge in [0.05, 0.1) is 0 Å². The number of amides is 2. The zero-order chi connectivity index (χ0) is 9.07. The molecule has 0 bridgehead atoms. The van der Waals surface area contributed by atoms with Crippen molar-refractivity contribution in [2.24, 2.45) is 5.84 Å². The topological polar surface area (TPSA) is 104 Å². The van der Waals surface area contributed by atoms with Crippen molar-refractivity contribution in [2.45, 2.75) is 19.4 Å². The van der Waals surface area contributed by atoms with Gasteiger partial charge in [0.25, 0.3) is 5.91 Å². The van der Waals surface area contributed by atoms with Crippen LogP contribution in [-0.4, -0.2) is 22.6 Å². The highest BCUT2D eigenvalue weighted by atomic mass is 16.4. The molecule has 0 aromatic heterocycles. The summed E-state index contributed by atoms with van der Waals surface area (Å²) in [7, 11) is 0. The Morgan fingerprint density at radius 3 is 2.18 bits per heavy atom. The third-order valence-corrected chi connectivity index (χ3v) is 1.12. The molecule has 0 unspecified atom stereocenters. The maximum atomic E-state index is 10.8. The molecule has 0 heterocycles. The Balaban J connectivity index is 4.21. The van der Waals surface area contributed by atoms with E-state index in [-0.39, 0.29) is 0 Å². The van der Waals surface area contributed by atoms with Crippen LogP contribution in [0.2, 0.25) is 0 Å². The largest absolute Gasteiger partial charge is 0.465 e. The Kier molecular flexibility index (Phi) is 2.82. The van der Waals surface area contributed by atoms with E-state index in [2.05, 4.69) is 0 Å². The van der Waals surface area contributed by atoms with E-state index in [0.29, 0.717) is 0 Å². The van der Waals surface area contributed by atoms with Gasteiger partial charge in [-0.25, -0.2) is 10.6 Å². The van der Waals surface area contributed by atoms with Gasteiger partial charge < -0.3 is 10.4 Å². The molecule has 0 atom stereocenters. The minimum Gasteiger partial charge on any atom is -0.465 e. The lowest BCUT2D eigenvalue weighted by Crippen LogP contribution is -2.56. The number of carbonyl (C=O) groups is 2. The fraction of sp³-hybridized carbons (Fsp3) is 0.600. The van der Waals surface area contributed by atoms with Crippen LogP contribution in [0.3, 0.4) is 0 Å². The minimum atomic E-state index is -1.27. The summed E-state index contributed by atoms with van der Waals surface area (Å²) in [5.41, 5.74) is 0.652. The van der Waals surface area contributed by atoms with Gasteiger partial charge in [0.15, 0.2) is 0 Å². The lowest BCUT2D eigenvalue weighted by molar-refractivity contribution is -0.126. The van der Waals surface area contributed by atoms with Crippen LogP contribution in [0.5, 0.6) is 0 Å². The van der Waals surface area contributed by atoms with Crippen molar-refractivity contribution in [3.63, 3.8) is 0 Å². The van der Waals surface area contributed by atoms with E-state index in [1.807, 2.05) is 10.7 Å². The van der Waals surface area contributed by atoms with Gasteiger partial charge in [0.1, 0.15) is 5.54 Å². The van der Waals surface area contributed by atoms with Crippen molar-refractivity contribution in [2.75, 3.05) is 0 Å². The van der Waals surface area contributed by atoms with Gasteiger partial charge in [-0.3, -0.25) is 10.2 Å². The maximum absolute atomic E-state index is 10.8. The molecule has 6 heteroatoms. The van der Waals surface area contributed by atoms with Gasteiger partial charge in [-0.2, -0.15) is 0 Å². The van der Waals surface area contributed by atoms with Gasteiger partial charge in [-0.1, -0.05) is 0 Å². The summed E-state index contributed by atoms with van der Waals surface area (Å²) in [6.07, 6.45) is -1.27. The highest BCUT2D eigenvalue weighted by Gasteiger charge is 2.28. The van der Waals surface area contributed by atoms with Crippen molar-refractivity contribution >= 4 is 12.0 Å². The number of nitrogens with two attached hydrogens (primary N) is 1. The predicted octanol–water partition coefficient (Wildman–Crippen LogP) is -0.977. The average Bonchev–Trinajstić information content (AvgIpc) is 1.83. The van der Waals surface area contributed by atoms with Crippen LogP contribution in [0.25, 0.3) is 0 Å². The zero-order valence-corrected chi connectivity index (χ0v) is 6.34. The highest BCUT2D eigenvalue weighted by molar-refractivity contribution is 5.88. The molecule has 0 aliphatic carbocycles. The molecular formula is C5H11N3O3. The molecule has 64 valence electrons. The molecule has 0 saturated heterocycles. The maximum Gasteiger partial charge on any atom is 0.405 e. The fourth-order valence-electron chi connectivity index (χ4n) is 0.505. The van der Waals surface area contributed by atoms with Crippen molar-refractivity contribution in [3.05, 3.63) is 0 Å². The standard InChI is InChI=1S/C5H11N3O3/c1-5(2,3(9)8-6)7-4(10)11/h7H,6H2,1-2H3,(H,8,9)(H,10,11). The summed E-state index contributed by atoms with van der Waals surface area (Å²) < 4.78 is 0. The first kappa shape index (κ1) is 9.70. The first-order valence-corrected chi connectivity index (χ1v) is 2.92. The SMILES string of the molecule is CC(C)(NC(=O)O)C(=O)NN. The highest BCUT2D eigenvalue weighted by Crippen LogP contribution is 1.99. The summed E-state index contributed by atoms with van der Waals surface area (Å²) in [6, 6.07) is 0. The van der Waals surface area contributed by atoms with Crippen LogP contribution < -0.4 is 16.6 Å². The summed E-state index contributed by atoms with van der Waals surface area (Å²) in [5, 5.41) is 10.3. The van der Waals surface area contributed by atoms with E-state index in [1.165, 1.54) is 13.8 Å². The molecule has 0 aliphatic rings. The normalized spacial score (nSPS) is 10.5. The van der Waals surface area contributed by atoms with Gasteiger partial charge in [-0.15, -0.1) is 0 Å². The Labute approximate surface area is 63.7 Å². The number of hydrazine groups is 1. The van der Waals surface area contributed by atoms with Crippen molar-refractivity contribution in [1.29, 1.82) is 0 Å². The van der Waals surface area contributed by atoms with Gasteiger partial charge in [0, 0.05) is 0 Å². The molecule has 0 fully saturated rings. The lowest BCUT2D eigenvalue weighted by atomic mass is 10.1. The predicted molar refractivity (Wildman–Crippen MR) is 37.6 cm³/mol. The third kappa shape index (κ3) is 2.85. The molecule has 0 aliphatic heterocycles. The smallest absolute Gasteiger partial charge is 0.405 e. The van der Waals surface area contributed by atoms with E-state index >= 15 is 0 Å². The number of hydrogen-bond donors (Lipinski definition) is 4. The molecule has 0 radical (unpaired) electrons. The van der Waals surface area contributed by atoms with E-state index in [1.54, 1.807) is 0 Å². The fourth-order valence-corrected chi connectivity index (χ4v) is 0.505. The number of rotatable bonds is 2. The monoisotopic (exact) mass is 161 g/mol. The van der Waals surface area contributed by atoms with Gasteiger partial charge >= 0.3 is 6.09 Å². The molecule has 11 heavy (non-hydrogen) atoms. The van der Waals surface area contributed by atoms with Crippen LogP contribution in [0.1, 0.15) is 13.8 Å². The van der Waals surface area contributed by atoms with Crippen molar-refractivity contribution in [3.8, 4) is 0 Å². The first-order valence-electron chi connectivity index (χ1n) is 2.92. The van der Waals surface area contributed by atoms with Crippen molar-refractivity contribution < 1.29 is 14.7 Å². The van der Waals surface area contributed by atoms with Crippen LogP contribution in [0.4, 0.5) is 4.79 Å². The second-order valence-corrected chi connectivity index (χ2v) is 2.53. The molecule has 6 nitrogen and oxygen atoms in total. The van der Waals surface area contributed by atoms with E-state index in [9.17, 15) is 9.59 Å². The van der Waals surface area contributed by atoms with Crippen LogP contribution in [-0.2, 0) is 4.79 Å². The second-order valence-electron chi connectivity index (χ2n) is 2.53. The number of carbonyl (C=O) groups excluding carboxylic acids is 1. The van der Waals surface area contributed by atoms with Crippen LogP contribution in [0.15, 0.2) is 0 Å². The molecule has 0 saturated carbocycles. The summed E-state index contributed by atoms with van der Waals surface area (Å²) >= 11 is 0. The van der Waals surface area contributed by atoms with E-state index in [4.69, 9.17) is 10.9 Å². The van der Waals surface area contributed by atoms with Crippen LogP contribution >= 0.6 is 0 Å². The summed E-state index contributed by atoms with van der Waals surface area (Å²) in [6.45, 7) is 2.81. The lowest BCUT2D eigenvalue weighted by Gasteiger charge is -2.21. The Morgan fingerprint density at radius 1 is 1.45 bits per heavy atom. The van der Waals surface area contributed by atoms with Gasteiger partial charge in [-0.05, 0) is 13.8 Å². The quantitative estimate of drug-likeness (QED) is 0.237. The number of nitrogens with one attached hydrogen (secondary N) is 2. The van der Waals surface area contributed by atoms with Gasteiger partial charge in [0.2, 0.25) is 0 Å². The van der Waals surface area contributed by atoms with Crippen LogP contribution in [0, 0.1) is 0 Å². The van der Waals surface area contributed by atoms with Crippen molar-refractivity contribution in [1.82, 2.24) is 10.7 Å². The third-order valence-electron chi connectivity index (χ3n) is 1.12. The molecule has 0 rings (SSSR count). The molecular weight excluding hydrogens is 150 g/mol. The second kappa shape index (κ2) is 3.20. The molecule has 0 aromatic rings. The van der Waals surface area contributed by atoms with E-state index in [0.717, 1.165) is 0 Å². The number of hydrogen-bond acceptors (Lipinski definition) is 3. The number of carboxylic acid groups (broad SMARTS) is 1. The Bertz CT molecular complexity index is 178.